The van der Waals surface area contributed by atoms with Gasteiger partial charge < -0.3 is 10.3 Å². The largest absolute Gasteiger partial charge is 0.349 e. The Bertz CT molecular complexity index is 731. The number of fused-ring (bicyclic) bond motifs is 1. The Hall–Kier alpha value is -2.77. The first-order valence-electron chi connectivity index (χ1n) is 6.18. The lowest BCUT2D eigenvalue weighted by Gasteiger charge is -2.00. The summed E-state index contributed by atoms with van der Waals surface area (Å²) in [5.41, 5.74) is 1.84. The second kappa shape index (κ2) is 5.08. The summed E-state index contributed by atoms with van der Waals surface area (Å²) in [5.74, 6) is 0.231. The highest BCUT2D eigenvalue weighted by Gasteiger charge is 2.13. The Labute approximate surface area is 114 Å². The smallest absolute Gasteiger partial charge is 0.291 e. The van der Waals surface area contributed by atoms with Crippen LogP contribution in [0, 0.1) is 6.92 Å². The quantitative estimate of drug-likeness (QED) is 0.702. The molecule has 1 amide bonds. The van der Waals surface area contributed by atoms with Crippen LogP contribution in [0.15, 0.2) is 24.8 Å². The molecule has 0 radical (unpaired) electrons. The maximum absolute atomic E-state index is 12.0. The topological polar surface area (TPSA) is 101 Å². The molecule has 0 fully saturated rings. The Morgan fingerprint density at radius 2 is 2.40 bits per heavy atom. The van der Waals surface area contributed by atoms with Crippen molar-refractivity contribution in [3.8, 4) is 0 Å². The molecule has 0 aliphatic heterocycles. The monoisotopic (exact) mass is 271 g/mol. The van der Waals surface area contributed by atoms with E-state index in [1.165, 1.54) is 0 Å². The molecule has 20 heavy (non-hydrogen) atoms. The molecule has 8 heteroatoms. The minimum atomic E-state index is -0.311. The van der Waals surface area contributed by atoms with Gasteiger partial charge in [-0.15, -0.1) is 5.10 Å². The van der Waals surface area contributed by atoms with Gasteiger partial charge in [-0.2, -0.15) is 4.98 Å². The number of carbonyl (C=O) groups excluding carboxylic acids is 1. The average molecular weight is 271 g/mol. The van der Waals surface area contributed by atoms with Crippen LogP contribution in [0.4, 0.5) is 0 Å². The normalized spacial score (nSPS) is 10.8. The first kappa shape index (κ1) is 12.3. The summed E-state index contributed by atoms with van der Waals surface area (Å²) < 4.78 is 1.55. The molecule has 0 aliphatic carbocycles. The third kappa shape index (κ3) is 2.35. The number of nitrogens with zero attached hydrogens (tertiary/aromatic N) is 5. The van der Waals surface area contributed by atoms with Gasteiger partial charge in [0.25, 0.3) is 11.7 Å². The first-order valence-corrected chi connectivity index (χ1v) is 6.18. The molecule has 102 valence electrons. The van der Waals surface area contributed by atoms with Gasteiger partial charge in [-0.3, -0.25) is 4.79 Å². The summed E-state index contributed by atoms with van der Waals surface area (Å²) in [5, 5.41) is 6.90. The lowest BCUT2D eigenvalue weighted by Crippen LogP contribution is -2.26. The van der Waals surface area contributed by atoms with E-state index in [1.54, 1.807) is 23.2 Å². The van der Waals surface area contributed by atoms with Crippen LogP contribution in [0.2, 0.25) is 0 Å². The van der Waals surface area contributed by atoms with Gasteiger partial charge in [0, 0.05) is 36.7 Å². The van der Waals surface area contributed by atoms with E-state index in [4.69, 9.17) is 0 Å². The van der Waals surface area contributed by atoms with E-state index in [0.29, 0.717) is 18.7 Å². The third-order valence-electron chi connectivity index (χ3n) is 2.87. The van der Waals surface area contributed by atoms with Crippen molar-refractivity contribution in [3.05, 3.63) is 42.0 Å². The van der Waals surface area contributed by atoms with Gasteiger partial charge in [0.15, 0.2) is 0 Å². The molecule has 0 saturated carbocycles. The van der Waals surface area contributed by atoms with Crippen molar-refractivity contribution in [2.24, 2.45) is 0 Å². The van der Waals surface area contributed by atoms with Gasteiger partial charge in [-0.05, 0) is 13.0 Å². The van der Waals surface area contributed by atoms with Crippen LogP contribution < -0.4 is 5.32 Å². The summed E-state index contributed by atoms with van der Waals surface area (Å²) in [4.78, 5) is 27.0. The number of rotatable bonds is 4. The molecular formula is C12H13N7O. The second-order valence-electron chi connectivity index (χ2n) is 4.32. The number of H-pyrrole nitrogens is 1. The number of aromatic amines is 1. The number of aromatic nitrogens is 6. The molecule has 3 aromatic rings. The molecule has 8 nitrogen and oxygen atoms in total. The third-order valence-corrected chi connectivity index (χ3v) is 2.87. The Morgan fingerprint density at radius 3 is 3.15 bits per heavy atom. The van der Waals surface area contributed by atoms with Crippen molar-refractivity contribution in [1.29, 1.82) is 0 Å². The molecule has 3 heterocycles. The number of carbonyl (C=O) groups is 1. The molecule has 0 spiro atoms. The second-order valence-corrected chi connectivity index (χ2v) is 4.32. The zero-order chi connectivity index (χ0) is 13.9. The van der Waals surface area contributed by atoms with Gasteiger partial charge >= 0.3 is 0 Å². The van der Waals surface area contributed by atoms with Crippen LogP contribution in [0.1, 0.15) is 22.0 Å². The number of amides is 1. The van der Waals surface area contributed by atoms with Crippen molar-refractivity contribution in [2.45, 2.75) is 13.3 Å². The fourth-order valence-electron chi connectivity index (χ4n) is 1.81. The maximum atomic E-state index is 12.0. The predicted molar refractivity (Wildman–Crippen MR) is 70.1 cm³/mol. The van der Waals surface area contributed by atoms with E-state index < -0.39 is 0 Å². The SMILES string of the molecule is Cc1ccnc2nc(C(=O)NCCc3cnc[nH]3)nn12. The van der Waals surface area contributed by atoms with Gasteiger partial charge in [0.1, 0.15) is 0 Å². The molecule has 0 saturated heterocycles. The van der Waals surface area contributed by atoms with E-state index >= 15 is 0 Å². The summed E-state index contributed by atoms with van der Waals surface area (Å²) in [6.45, 7) is 2.37. The zero-order valence-electron chi connectivity index (χ0n) is 10.9. The van der Waals surface area contributed by atoms with Gasteiger partial charge in [-0.25, -0.2) is 14.5 Å². The fraction of sp³-hybridized carbons (Fsp3) is 0.250. The van der Waals surface area contributed by atoms with E-state index in [-0.39, 0.29) is 11.7 Å². The summed E-state index contributed by atoms with van der Waals surface area (Å²) >= 11 is 0. The van der Waals surface area contributed by atoms with E-state index in [1.807, 2.05) is 13.0 Å². The van der Waals surface area contributed by atoms with Crippen LogP contribution in [0.25, 0.3) is 5.78 Å². The minimum absolute atomic E-state index is 0.122. The van der Waals surface area contributed by atoms with Crippen LogP contribution in [0.5, 0.6) is 0 Å². The number of nitrogens with one attached hydrogen (secondary N) is 2. The fourth-order valence-corrected chi connectivity index (χ4v) is 1.81. The van der Waals surface area contributed by atoms with Crippen LogP contribution in [-0.4, -0.2) is 42.0 Å². The van der Waals surface area contributed by atoms with E-state index in [0.717, 1.165) is 11.4 Å². The molecule has 2 N–H and O–H groups in total. The van der Waals surface area contributed by atoms with Crippen molar-refractivity contribution >= 4 is 11.7 Å². The highest BCUT2D eigenvalue weighted by Crippen LogP contribution is 2.01. The van der Waals surface area contributed by atoms with Crippen LogP contribution in [0.3, 0.4) is 0 Å². The van der Waals surface area contributed by atoms with Crippen molar-refractivity contribution in [2.75, 3.05) is 6.54 Å². The molecular weight excluding hydrogens is 258 g/mol. The highest BCUT2D eigenvalue weighted by molar-refractivity contribution is 5.90. The minimum Gasteiger partial charge on any atom is -0.349 e. The Morgan fingerprint density at radius 1 is 1.50 bits per heavy atom. The molecule has 0 aliphatic rings. The maximum Gasteiger partial charge on any atom is 0.291 e. The van der Waals surface area contributed by atoms with Gasteiger partial charge in [-0.1, -0.05) is 0 Å². The molecule has 3 aromatic heterocycles. The van der Waals surface area contributed by atoms with E-state index in [2.05, 4.69) is 30.4 Å². The van der Waals surface area contributed by atoms with Gasteiger partial charge in [0.05, 0.1) is 6.33 Å². The molecule has 0 atom stereocenters. The number of imidazole rings is 1. The predicted octanol–water partition coefficient (Wildman–Crippen LogP) is 0.128. The summed E-state index contributed by atoms with van der Waals surface area (Å²) in [7, 11) is 0. The highest BCUT2D eigenvalue weighted by atomic mass is 16.2. The zero-order valence-corrected chi connectivity index (χ0v) is 10.9. The van der Waals surface area contributed by atoms with Crippen molar-refractivity contribution in [1.82, 2.24) is 34.9 Å². The van der Waals surface area contributed by atoms with E-state index in [9.17, 15) is 4.79 Å². The number of hydrogen-bond acceptors (Lipinski definition) is 5. The van der Waals surface area contributed by atoms with Crippen molar-refractivity contribution in [3.63, 3.8) is 0 Å². The molecule has 0 unspecified atom stereocenters. The molecule has 0 bridgehead atoms. The average Bonchev–Trinajstić information content (AvgIpc) is 3.07. The molecule has 3 rings (SSSR count). The lowest BCUT2D eigenvalue weighted by molar-refractivity contribution is 0.0944. The summed E-state index contributed by atoms with van der Waals surface area (Å²) in [6.07, 6.45) is 5.65. The van der Waals surface area contributed by atoms with Crippen LogP contribution in [-0.2, 0) is 6.42 Å². The summed E-state index contributed by atoms with van der Waals surface area (Å²) in [6, 6.07) is 1.81. The Kier molecular flexibility index (Phi) is 3.12. The Balaban J connectivity index is 1.68. The molecule has 0 aromatic carbocycles. The van der Waals surface area contributed by atoms with Gasteiger partial charge in [0.2, 0.25) is 5.82 Å². The standard InChI is InChI=1S/C12H13N7O/c1-8-2-4-15-12-17-10(18-19(8)12)11(20)14-5-3-9-6-13-7-16-9/h2,4,6-7H,3,5H2,1H3,(H,13,16)(H,14,20). The van der Waals surface area contributed by atoms with Crippen molar-refractivity contribution < 1.29 is 4.79 Å². The first-order chi connectivity index (χ1) is 9.74. The van der Waals surface area contributed by atoms with Crippen LogP contribution >= 0.6 is 0 Å². The number of aryl methyl sites for hydroxylation is 1. The lowest BCUT2D eigenvalue weighted by atomic mass is 10.3. The number of hydrogen-bond donors (Lipinski definition) is 2.